The summed E-state index contributed by atoms with van der Waals surface area (Å²) in [7, 11) is 1.61. The molecule has 1 heterocycles. The predicted molar refractivity (Wildman–Crippen MR) is 110 cm³/mol. The molecule has 0 saturated carbocycles. The highest BCUT2D eigenvalue weighted by Crippen LogP contribution is 2.23. The van der Waals surface area contributed by atoms with Crippen LogP contribution >= 0.6 is 0 Å². The molecule has 30 heavy (non-hydrogen) atoms. The molecule has 3 rings (SSSR count). The average Bonchev–Trinajstić information content (AvgIpc) is 2.78. The number of ether oxygens (including phenoxy) is 2. The van der Waals surface area contributed by atoms with E-state index in [1.165, 1.54) is 12.1 Å². The smallest absolute Gasteiger partial charge is 0.338 e. The van der Waals surface area contributed by atoms with Gasteiger partial charge in [-0.25, -0.2) is 4.79 Å². The summed E-state index contributed by atoms with van der Waals surface area (Å²) in [6, 6.07) is 11.4. The highest BCUT2D eigenvalue weighted by atomic mass is 16.6. The quantitative estimate of drug-likeness (QED) is 0.408. The zero-order valence-corrected chi connectivity index (χ0v) is 16.9. The van der Waals surface area contributed by atoms with Crippen molar-refractivity contribution in [2.45, 2.75) is 6.92 Å². The normalized spacial score (nSPS) is 13.7. The number of piperazine rings is 1. The van der Waals surface area contributed by atoms with Crippen molar-refractivity contribution in [2.24, 2.45) is 0 Å². The van der Waals surface area contributed by atoms with E-state index in [0.29, 0.717) is 26.2 Å². The first kappa shape index (κ1) is 21.1. The van der Waals surface area contributed by atoms with E-state index in [1.807, 2.05) is 24.3 Å². The summed E-state index contributed by atoms with van der Waals surface area (Å²) in [5, 5.41) is 11.2. The van der Waals surface area contributed by atoms with Crippen molar-refractivity contribution in [1.29, 1.82) is 0 Å². The van der Waals surface area contributed by atoms with Gasteiger partial charge in [-0.1, -0.05) is 0 Å². The van der Waals surface area contributed by atoms with Crippen LogP contribution in [0, 0.1) is 10.1 Å². The Labute approximate surface area is 173 Å². The van der Waals surface area contributed by atoms with Gasteiger partial charge < -0.3 is 19.3 Å². The van der Waals surface area contributed by atoms with E-state index in [0.717, 1.165) is 17.5 Å². The number of hydrogen-bond acceptors (Lipinski definition) is 7. The second kappa shape index (κ2) is 9.25. The Morgan fingerprint density at radius 2 is 1.67 bits per heavy atom. The van der Waals surface area contributed by atoms with Gasteiger partial charge in [-0.2, -0.15) is 0 Å². The maximum absolute atomic E-state index is 13.0. The molecule has 0 aromatic heterocycles. The molecule has 2 aromatic carbocycles. The monoisotopic (exact) mass is 413 g/mol. The maximum Gasteiger partial charge on any atom is 0.338 e. The lowest BCUT2D eigenvalue weighted by Crippen LogP contribution is -2.48. The molecule has 0 unspecified atom stereocenters. The zero-order valence-electron chi connectivity index (χ0n) is 16.9. The fraction of sp³-hybridized carbons (Fsp3) is 0.333. The van der Waals surface area contributed by atoms with Crippen LogP contribution in [0.25, 0.3) is 0 Å². The van der Waals surface area contributed by atoms with Gasteiger partial charge in [0, 0.05) is 49.6 Å². The van der Waals surface area contributed by atoms with Gasteiger partial charge in [-0.3, -0.25) is 14.9 Å². The molecule has 1 aliphatic heterocycles. The van der Waals surface area contributed by atoms with Gasteiger partial charge >= 0.3 is 5.97 Å². The predicted octanol–water partition coefficient (Wildman–Crippen LogP) is 2.74. The molecule has 1 saturated heterocycles. The van der Waals surface area contributed by atoms with E-state index < -0.39 is 10.9 Å². The third-order valence-electron chi connectivity index (χ3n) is 4.89. The number of benzene rings is 2. The Bertz CT molecular complexity index is 936. The van der Waals surface area contributed by atoms with Gasteiger partial charge in [0.05, 0.1) is 24.2 Å². The van der Waals surface area contributed by atoms with Crippen molar-refractivity contribution >= 4 is 23.3 Å². The highest BCUT2D eigenvalue weighted by Gasteiger charge is 2.25. The minimum atomic E-state index is -0.695. The summed E-state index contributed by atoms with van der Waals surface area (Å²) >= 11 is 0. The van der Waals surface area contributed by atoms with Crippen LogP contribution in [0.4, 0.5) is 11.4 Å². The highest BCUT2D eigenvalue weighted by molar-refractivity contribution is 5.99. The van der Waals surface area contributed by atoms with Crippen LogP contribution in [0.3, 0.4) is 0 Å². The first-order chi connectivity index (χ1) is 14.4. The lowest BCUT2D eigenvalue weighted by Gasteiger charge is -2.36. The fourth-order valence-corrected chi connectivity index (χ4v) is 3.32. The van der Waals surface area contributed by atoms with Crippen molar-refractivity contribution in [3.8, 4) is 5.75 Å². The lowest BCUT2D eigenvalue weighted by atomic mass is 10.1. The van der Waals surface area contributed by atoms with Gasteiger partial charge in [0.15, 0.2) is 0 Å². The van der Waals surface area contributed by atoms with E-state index in [2.05, 4.69) is 4.90 Å². The molecule has 0 aliphatic carbocycles. The van der Waals surface area contributed by atoms with E-state index in [1.54, 1.807) is 18.9 Å². The number of esters is 1. The fourth-order valence-electron chi connectivity index (χ4n) is 3.32. The number of nitrogens with zero attached hydrogens (tertiary/aromatic N) is 3. The van der Waals surface area contributed by atoms with Crippen molar-refractivity contribution in [3.05, 3.63) is 63.7 Å². The Morgan fingerprint density at radius 1 is 1.03 bits per heavy atom. The van der Waals surface area contributed by atoms with Gasteiger partial charge in [-0.05, 0) is 37.3 Å². The maximum atomic E-state index is 13.0. The Kier molecular flexibility index (Phi) is 6.51. The molecule has 2 aromatic rings. The number of nitro benzene ring substituents is 1. The summed E-state index contributed by atoms with van der Waals surface area (Å²) < 4.78 is 10.1. The summed E-state index contributed by atoms with van der Waals surface area (Å²) in [4.78, 5) is 39.4. The number of nitro groups is 1. The molecule has 0 atom stereocenters. The number of non-ortho nitro benzene ring substituents is 1. The van der Waals surface area contributed by atoms with E-state index in [9.17, 15) is 19.7 Å². The van der Waals surface area contributed by atoms with E-state index in [-0.39, 0.29) is 29.3 Å². The first-order valence-electron chi connectivity index (χ1n) is 9.57. The molecule has 158 valence electrons. The molecule has 0 radical (unpaired) electrons. The number of rotatable bonds is 6. The Morgan fingerprint density at radius 3 is 2.23 bits per heavy atom. The van der Waals surface area contributed by atoms with Crippen molar-refractivity contribution < 1.29 is 24.0 Å². The summed E-state index contributed by atoms with van der Waals surface area (Å²) in [6.07, 6.45) is 0. The molecule has 0 bridgehead atoms. The molecular formula is C21H23N3O6. The summed E-state index contributed by atoms with van der Waals surface area (Å²) in [5.74, 6) is -0.270. The molecule has 1 aliphatic rings. The van der Waals surface area contributed by atoms with Crippen LogP contribution in [-0.2, 0) is 4.74 Å². The zero-order chi connectivity index (χ0) is 21.7. The van der Waals surface area contributed by atoms with Crippen LogP contribution in [0.15, 0.2) is 42.5 Å². The van der Waals surface area contributed by atoms with Crippen LogP contribution in [-0.4, -0.2) is 61.6 Å². The van der Waals surface area contributed by atoms with Crippen LogP contribution < -0.4 is 9.64 Å². The van der Waals surface area contributed by atoms with Crippen LogP contribution in [0.5, 0.6) is 5.75 Å². The Balaban J connectivity index is 1.73. The molecular weight excluding hydrogens is 390 g/mol. The number of anilines is 1. The van der Waals surface area contributed by atoms with Gasteiger partial charge in [-0.15, -0.1) is 0 Å². The van der Waals surface area contributed by atoms with Gasteiger partial charge in [0.25, 0.3) is 11.6 Å². The molecule has 1 amide bonds. The van der Waals surface area contributed by atoms with Crippen LogP contribution in [0.1, 0.15) is 27.6 Å². The minimum absolute atomic E-state index is 0.00808. The Hall–Kier alpha value is -3.62. The number of carbonyl (C=O) groups is 2. The molecule has 9 nitrogen and oxygen atoms in total. The van der Waals surface area contributed by atoms with Crippen LogP contribution in [0.2, 0.25) is 0 Å². The molecule has 0 N–H and O–H groups in total. The largest absolute Gasteiger partial charge is 0.497 e. The third kappa shape index (κ3) is 4.68. The standard InChI is InChI=1S/C21H23N3O6/c1-3-30-21(26)16-12-15(13-18(14-16)24(27)28)20(25)23-10-8-22(9-11-23)17-4-6-19(29-2)7-5-17/h4-7,12-14H,3,8-11H2,1-2H3. The second-order valence-corrected chi connectivity index (χ2v) is 6.72. The van der Waals surface area contributed by atoms with E-state index in [4.69, 9.17) is 9.47 Å². The lowest BCUT2D eigenvalue weighted by molar-refractivity contribution is -0.384. The van der Waals surface area contributed by atoms with Gasteiger partial charge in [0.2, 0.25) is 0 Å². The first-order valence-corrected chi connectivity index (χ1v) is 9.57. The number of hydrogen-bond donors (Lipinski definition) is 0. The van der Waals surface area contributed by atoms with E-state index >= 15 is 0 Å². The topological polar surface area (TPSA) is 102 Å². The molecule has 9 heteroatoms. The molecule has 0 spiro atoms. The molecule has 1 fully saturated rings. The summed E-state index contributed by atoms with van der Waals surface area (Å²) in [5.41, 5.74) is 0.806. The average molecular weight is 413 g/mol. The van der Waals surface area contributed by atoms with Gasteiger partial charge in [0.1, 0.15) is 5.75 Å². The van der Waals surface area contributed by atoms with Crippen molar-refractivity contribution in [2.75, 3.05) is 44.8 Å². The SMILES string of the molecule is CCOC(=O)c1cc(C(=O)N2CCN(c3ccc(OC)cc3)CC2)cc([N+](=O)[O-])c1. The number of carbonyl (C=O) groups excluding carboxylic acids is 2. The van der Waals surface area contributed by atoms with Crippen molar-refractivity contribution in [3.63, 3.8) is 0 Å². The summed E-state index contributed by atoms with van der Waals surface area (Å²) in [6.45, 7) is 3.95. The number of methoxy groups -OCH3 is 1. The second-order valence-electron chi connectivity index (χ2n) is 6.72. The van der Waals surface area contributed by atoms with Crippen molar-refractivity contribution in [1.82, 2.24) is 4.90 Å². The number of amides is 1. The third-order valence-corrected chi connectivity index (χ3v) is 4.89. The minimum Gasteiger partial charge on any atom is -0.497 e.